The number of nitrogens with zero attached hydrogens (tertiary/aromatic N) is 3. The van der Waals surface area contributed by atoms with Gasteiger partial charge in [0.15, 0.2) is 0 Å². The molecule has 7 nitrogen and oxygen atoms in total. The maximum atomic E-state index is 12.8. The van der Waals surface area contributed by atoms with Crippen molar-refractivity contribution in [3.8, 4) is 5.69 Å². The zero-order valence-electron chi connectivity index (χ0n) is 16.2. The van der Waals surface area contributed by atoms with Crippen LogP contribution in [0.25, 0.3) is 16.7 Å². The predicted octanol–water partition coefficient (Wildman–Crippen LogP) is 3.20. The van der Waals surface area contributed by atoms with Gasteiger partial charge in [0.1, 0.15) is 11.3 Å². The van der Waals surface area contributed by atoms with Crippen LogP contribution in [0.15, 0.2) is 82.4 Å². The molecule has 0 aliphatic heterocycles. The second kappa shape index (κ2) is 7.82. The second-order valence-corrected chi connectivity index (χ2v) is 8.73. The first-order valence-electron chi connectivity index (χ1n) is 9.19. The molecule has 1 atom stereocenters. The van der Waals surface area contributed by atoms with Crippen LogP contribution in [-0.4, -0.2) is 43.7 Å². The molecule has 0 aliphatic carbocycles. The van der Waals surface area contributed by atoms with Crippen molar-refractivity contribution in [2.45, 2.75) is 10.9 Å². The van der Waals surface area contributed by atoms with Gasteiger partial charge in [-0.1, -0.05) is 18.2 Å². The number of fused-ring (bicyclic) bond motifs is 1. The van der Waals surface area contributed by atoms with E-state index in [1.165, 1.54) is 0 Å². The van der Waals surface area contributed by atoms with Crippen LogP contribution in [-0.2, 0) is 10.0 Å². The Morgan fingerprint density at radius 3 is 2.52 bits per heavy atom. The fourth-order valence-electron chi connectivity index (χ4n) is 3.18. The lowest BCUT2D eigenvalue weighted by molar-refractivity contribution is 0.264. The van der Waals surface area contributed by atoms with Crippen LogP contribution in [0, 0.1) is 0 Å². The van der Waals surface area contributed by atoms with Gasteiger partial charge in [0.25, 0.3) is 0 Å². The normalized spacial score (nSPS) is 13.2. The summed E-state index contributed by atoms with van der Waals surface area (Å²) in [5, 5.41) is 5.14. The zero-order valence-corrected chi connectivity index (χ0v) is 17.0. The van der Waals surface area contributed by atoms with Crippen molar-refractivity contribution in [1.29, 1.82) is 0 Å². The highest BCUT2D eigenvalue weighted by atomic mass is 32.2. The lowest BCUT2D eigenvalue weighted by Gasteiger charge is -2.22. The van der Waals surface area contributed by atoms with Crippen molar-refractivity contribution in [3.05, 3.63) is 78.8 Å². The first-order valence-corrected chi connectivity index (χ1v) is 10.7. The molecule has 2 heterocycles. The predicted molar refractivity (Wildman–Crippen MR) is 111 cm³/mol. The van der Waals surface area contributed by atoms with Crippen molar-refractivity contribution in [3.63, 3.8) is 0 Å². The molecule has 1 N–H and O–H groups in total. The third-order valence-corrected chi connectivity index (χ3v) is 6.22. The summed E-state index contributed by atoms with van der Waals surface area (Å²) in [5.74, 6) is 0.716. The Balaban J connectivity index is 1.52. The van der Waals surface area contributed by atoms with Gasteiger partial charge >= 0.3 is 0 Å². The number of hydrogen-bond acceptors (Lipinski definition) is 5. The Labute approximate surface area is 169 Å². The third-order valence-electron chi connectivity index (χ3n) is 4.78. The number of likely N-dealkylation sites (N-methyl/N-ethyl adjacent to an activating group) is 1. The first-order chi connectivity index (χ1) is 13.9. The molecule has 29 heavy (non-hydrogen) atoms. The van der Waals surface area contributed by atoms with Crippen LogP contribution in [0.1, 0.15) is 11.8 Å². The number of para-hydroxylation sites is 1. The van der Waals surface area contributed by atoms with E-state index in [9.17, 15) is 8.42 Å². The monoisotopic (exact) mass is 410 g/mol. The summed E-state index contributed by atoms with van der Waals surface area (Å²) in [6.07, 6.45) is 3.47. The number of nitrogens with one attached hydrogen (secondary N) is 1. The van der Waals surface area contributed by atoms with E-state index in [1.54, 1.807) is 41.3 Å². The Morgan fingerprint density at radius 2 is 1.86 bits per heavy atom. The SMILES string of the molecule is CN(C)[C@@H](CNS(=O)(=O)c1ccc(-n2cccn2)cc1)c1cc2ccccc2o1. The van der Waals surface area contributed by atoms with Gasteiger partial charge in [0.05, 0.1) is 16.6 Å². The number of benzene rings is 2. The molecule has 0 radical (unpaired) electrons. The van der Waals surface area contributed by atoms with E-state index >= 15 is 0 Å². The largest absolute Gasteiger partial charge is 0.459 e. The summed E-state index contributed by atoms with van der Waals surface area (Å²) in [4.78, 5) is 2.14. The Morgan fingerprint density at radius 1 is 1.10 bits per heavy atom. The molecular weight excluding hydrogens is 388 g/mol. The molecule has 0 aliphatic rings. The Bertz CT molecular complexity index is 1160. The minimum atomic E-state index is -3.66. The maximum absolute atomic E-state index is 12.8. The van der Waals surface area contributed by atoms with Gasteiger partial charge in [-0.2, -0.15) is 5.10 Å². The van der Waals surface area contributed by atoms with Gasteiger partial charge in [-0.05, 0) is 56.6 Å². The Kier molecular flexibility index (Phi) is 5.23. The van der Waals surface area contributed by atoms with Gasteiger partial charge in [0, 0.05) is 24.3 Å². The highest BCUT2D eigenvalue weighted by Gasteiger charge is 2.22. The molecule has 2 aromatic heterocycles. The number of rotatable bonds is 7. The molecule has 150 valence electrons. The zero-order chi connectivity index (χ0) is 20.4. The maximum Gasteiger partial charge on any atom is 0.240 e. The lowest BCUT2D eigenvalue weighted by Crippen LogP contribution is -2.34. The van der Waals surface area contributed by atoms with Gasteiger partial charge in [0.2, 0.25) is 10.0 Å². The first kappa shape index (κ1) is 19.4. The van der Waals surface area contributed by atoms with Crippen LogP contribution in [0.3, 0.4) is 0 Å². The summed E-state index contributed by atoms with van der Waals surface area (Å²) in [6.45, 7) is 0.191. The molecule has 0 fully saturated rings. The average Bonchev–Trinajstić information content (AvgIpc) is 3.38. The minimum Gasteiger partial charge on any atom is -0.459 e. The quantitative estimate of drug-likeness (QED) is 0.506. The Hall–Kier alpha value is -2.94. The summed E-state index contributed by atoms with van der Waals surface area (Å²) in [7, 11) is 0.127. The lowest BCUT2D eigenvalue weighted by atomic mass is 10.2. The molecular formula is C21H22N4O3S. The van der Waals surface area contributed by atoms with Crippen LogP contribution < -0.4 is 4.72 Å². The van der Waals surface area contributed by atoms with E-state index < -0.39 is 10.0 Å². The molecule has 0 saturated carbocycles. The van der Waals surface area contributed by atoms with E-state index in [0.717, 1.165) is 16.7 Å². The van der Waals surface area contributed by atoms with E-state index in [-0.39, 0.29) is 17.5 Å². The van der Waals surface area contributed by atoms with Gasteiger partial charge in [-0.3, -0.25) is 4.90 Å². The van der Waals surface area contributed by atoms with Crippen LogP contribution >= 0.6 is 0 Å². The molecule has 0 bridgehead atoms. The van der Waals surface area contributed by atoms with E-state index in [1.807, 2.05) is 55.4 Å². The molecule has 0 saturated heterocycles. The second-order valence-electron chi connectivity index (χ2n) is 6.96. The van der Waals surface area contributed by atoms with Gasteiger partial charge in [-0.25, -0.2) is 17.8 Å². The standard InChI is InChI=1S/C21H22N4O3S/c1-24(2)19(21-14-16-6-3-4-7-20(16)28-21)15-23-29(26,27)18-10-8-17(9-11-18)25-13-5-12-22-25/h3-14,19,23H,15H2,1-2H3/t19-/m0/s1. The van der Waals surface area contributed by atoms with Gasteiger partial charge in [-0.15, -0.1) is 0 Å². The topological polar surface area (TPSA) is 80.4 Å². The molecule has 4 rings (SSSR count). The number of furan rings is 1. The highest BCUT2D eigenvalue weighted by molar-refractivity contribution is 7.89. The highest BCUT2D eigenvalue weighted by Crippen LogP contribution is 2.26. The van der Waals surface area contributed by atoms with Crippen LogP contribution in [0.2, 0.25) is 0 Å². The summed E-state index contributed by atoms with van der Waals surface area (Å²) < 4.78 is 35.9. The van der Waals surface area contributed by atoms with E-state index in [2.05, 4.69) is 9.82 Å². The van der Waals surface area contributed by atoms with Crippen molar-refractivity contribution >= 4 is 21.0 Å². The molecule has 2 aromatic carbocycles. The average molecular weight is 410 g/mol. The molecule has 4 aromatic rings. The number of sulfonamides is 1. The molecule has 8 heteroatoms. The molecule has 0 amide bonds. The van der Waals surface area contributed by atoms with Crippen LogP contribution in [0.5, 0.6) is 0 Å². The fourth-order valence-corrected chi connectivity index (χ4v) is 4.21. The van der Waals surface area contributed by atoms with Crippen LogP contribution in [0.4, 0.5) is 0 Å². The van der Waals surface area contributed by atoms with Crippen molar-refractivity contribution < 1.29 is 12.8 Å². The van der Waals surface area contributed by atoms with E-state index in [0.29, 0.717) is 5.76 Å². The summed E-state index contributed by atoms with van der Waals surface area (Å²) in [6, 6.07) is 17.9. The van der Waals surface area contributed by atoms with Crippen molar-refractivity contribution in [2.24, 2.45) is 0 Å². The summed E-state index contributed by atoms with van der Waals surface area (Å²) >= 11 is 0. The molecule has 0 unspecified atom stereocenters. The minimum absolute atomic E-state index is 0.191. The van der Waals surface area contributed by atoms with E-state index in [4.69, 9.17) is 4.42 Å². The van der Waals surface area contributed by atoms with Gasteiger partial charge < -0.3 is 4.42 Å². The summed E-state index contributed by atoms with van der Waals surface area (Å²) in [5.41, 5.74) is 1.58. The number of hydrogen-bond donors (Lipinski definition) is 1. The number of aromatic nitrogens is 2. The third kappa shape index (κ3) is 4.09. The van der Waals surface area contributed by atoms with Crippen molar-refractivity contribution in [2.75, 3.05) is 20.6 Å². The fraction of sp³-hybridized carbons (Fsp3) is 0.190. The molecule has 0 spiro atoms. The smallest absolute Gasteiger partial charge is 0.240 e. The van der Waals surface area contributed by atoms with Crippen molar-refractivity contribution in [1.82, 2.24) is 19.4 Å².